The summed E-state index contributed by atoms with van der Waals surface area (Å²) in [5, 5.41) is 0. The first kappa shape index (κ1) is 14.1. The maximum Gasteiger partial charge on any atom is 0.419 e. The average Bonchev–Trinajstić information content (AvgIpc) is 2.58. The van der Waals surface area contributed by atoms with Gasteiger partial charge in [0.2, 0.25) is 0 Å². The highest BCUT2D eigenvalue weighted by Crippen LogP contribution is 2.45. The second-order valence-corrected chi connectivity index (χ2v) is 5.55. The Morgan fingerprint density at radius 3 is 2.47 bits per heavy atom. The molecule has 9 heteroatoms. The summed E-state index contributed by atoms with van der Waals surface area (Å²) in [5.41, 5.74) is -2.05. The van der Waals surface area contributed by atoms with E-state index in [4.69, 9.17) is 9.29 Å². The molecule has 0 spiro atoms. The molecule has 0 bridgehead atoms. The summed E-state index contributed by atoms with van der Waals surface area (Å²) in [6.07, 6.45) is -5.09. The largest absolute Gasteiger partial charge is 0.490 e. The quantitative estimate of drug-likeness (QED) is 0.639. The first-order valence-electron chi connectivity index (χ1n) is 5.07. The van der Waals surface area contributed by atoms with Crippen LogP contribution < -0.4 is 4.74 Å². The summed E-state index contributed by atoms with van der Waals surface area (Å²) >= 11 is 0. The van der Waals surface area contributed by atoms with Crippen molar-refractivity contribution in [2.75, 3.05) is 6.61 Å². The van der Waals surface area contributed by atoms with E-state index in [2.05, 4.69) is 0 Å². The zero-order valence-electron chi connectivity index (χ0n) is 9.45. The summed E-state index contributed by atoms with van der Waals surface area (Å²) in [4.78, 5) is -0.971. The number of alkyl halides is 3. The maximum atomic E-state index is 13.7. The molecule has 1 aromatic rings. The molecule has 1 heterocycles. The zero-order valence-corrected chi connectivity index (χ0v) is 10.3. The highest BCUT2D eigenvalue weighted by atomic mass is 32.2. The van der Waals surface area contributed by atoms with E-state index in [9.17, 15) is 26.0 Å². The van der Waals surface area contributed by atoms with Gasteiger partial charge in [-0.2, -0.15) is 21.6 Å². The number of hydrogen-bond acceptors (Lipinski definition) is 3. The summed E-state index contributed by atoms with van der Waals surface area (Å²) in [6.45, 7) is 1.29. The van der Waals surface area contributed by atoms with Crippen molar-refractivity contribution in [3.8, 4) is 5.75 Å². The van der Waals surface area contributed by atoms with Crippen LogP contribution in [0.15, 0.2) is 11.0 Å². The van der Waals surface area contributed by atoms with Crippen LogP contribution in [0.1, 0.15) is 24.0 Å². The van der Waals surface area contributed by atoms with Crippen LogP contribution in [-0.2, 0) is 16.3 Å². The molecule has 4 nitrogen and oxygen atoms in total. The number of ether oxygens (including phenoxy) is 1. The van der Waals surface area contributed by atoms with Gasteiger partial charge in [0.15, 0.2) is 11.6 Å². The molecule has 2 rings (SSSR count). The minimum Gasteiger partial charge on any atom is -0.490 e. The molecule has 0 radical (unpaired) electrons. The number of rotatable bonds is 1. The van der Waals surface area contributed by atoms with Crippen LogP contribution >= 0.6 is 0 Å². The Labute approximate surface area is 105 Å². The monoisotopic (exact) mass is 300 g/mol. The number of halogens is 4. The van der Waals surface area contributed by atoms with Gasteiger partial charge in [-0.1, -0.05) is 6.92 Å². The molecule has 0 amide bonds. The third kappa shape index (κ3) is 2.27. The van der Waals surface area contributed by atoms with Gasteiger partial charge in [0, 0.05) is 11.5 Å². The standard InChI is InChI=1S/C10H8F4O4S/c1-4-3-18-9-7(4)6(19(15,16)17)2-5(8(9)11)10(12,13)14/h2,4H,3H2,1H3,(H,15,16,17). The van der Waals surface area contributed by atoms with Crippen molar-refractivity contribution in [2.24, 2.45) is 0 Å². The van der Waals surface area contributed by atoms with Crippen molar-refractivity contribution in [1.82, 2.24) is 0 Å². The lowest BCUT2D eigenvalue weighted by Crippen LogP contribution is -2.13. The summed E-state index contributed by atoms with van der Waals surface area (Å²) in [7, 11) is -4.91. The Morgan fingerprint density at radius 1 is 1.42 bits per heavy atom. The van der Waals surface area contributed by atoms with E-state index in [0.29, 0.717) is 0 Å². The Morgan fingerprint density at radius 2 is 2.00 bits per heavy atom. The van der Waals surface area contributed by atoms with Gasteiger partial charge in [-0.05, 0) is 6.07 Å². The molecule has 106 valence electrons. The third-order valence-corrected chi connectivity index (χ3v) is 3.67. The average molecular weight is 300 g/mol. The molecule has 19 heavy (non-hydrogen) atoms. The lowest BCUT2D eigenvalue weighted by Gasteiger charge is -2.14. The summed E-state index contributed by atoms with van der Waals surface area (Å²) in [6, 6.07) is 0.0919. The third-order valence-electron chi connectivity index (χ3n) is 2.78. The first-order chi connectivity index (χ1) is 8.53. The van der Waals surface area contributed by atoms with Crippen LogP contribution in [0, 0.1) is 5.82 Å². The molecule has 1 aromatic carbocycles. The van der Waals surface area contributed by atoms with Crippen molar-refractivity contribution in [2.45, 2.75) is 23.9 Å². The fraction of sp³-hybridized carbons (Fsp3) is 0.400. The van der Waals surface area contributed by atoms with E-state index in [1.165, 1.54) is 6.92 Å². The minimum absolute atomic E-state index is 0.0919. The Hall–Kier alpha value is -1.35. The Kier molecular flexibility index (Phi) is 3.01. The molecular weight excluding hydrogens is 292 g/mol. The molecule has 0 aliphatic carbocycles. The fourth-order valence-electron chi connectivity index (χ4n) is 1.94. The van der Waals surface area contributed by atoms with Gasteiger partial charge in [0.05, 0.1) is 12.2 Å². The smallest absolute Gasteiger partial charge is 0.419 e. The second-order valence-electron chi connectivity index (χ2n) is 4.16. The molecule has 1 aliphatic heterocycles. The van der Waals surface area contributed by atoms with Crippen LogP contribution in [0.3, 0.4) is 0 Å². The molecule has 0 aromatic heterocycles. The SMILES string of the molecule is CC1COc2c(F)c(C(F)(F)F)cc(S(=O)(=O)O)c21. The first-order valence-corrected chi connectivity index (χ1v) is 6.51. The molecule has 0 fully saturated rings. The predicted octanol–water partition coefficient (Wildman–Crippen LogP) is 2.59. The number of fused-ring (bicyclic) bond motifs is 1. The lowest BCUT2D eigenvalue weighted by atomic mass is 10.0. The number of hydrogen-bond donors (Lipinski definition) is 1. The lowest BCUT2D eigenvalue weighted by molar-refractivity contribution is -0.140. The highest BCUT2D eigenvalue weighted by Gasteiger charge is 2.41. The van der Waals surface area contributed by atoms with E-state index in [0.717, 1.165) is 0 Å². The van der Waals surface area contributed by atoms with Gasteiger partial charge in [-0.15, -0.1) is 0 Å². The van der Waals surface area contributed by atoms with Gasteiger partial charge < -0.3 is 4.74 Å². The summed E-state index contributed by atoms with van der Waals surface area (Å²) < 4.78 is 87.5. The van der Waals surface area contributed by atoms with Crippen LogP contribution in [0.5, 0.6) is 5.75 Å². The van der Waals surface area contributed by atoms with E-state index in [1.807, 2.05) is 0 Å². The van der Waals surface area contributed by atoms with Crippen LogP contribution in [0.2, 0.25) is 0 Å². The molecule has 1 atom stereocenters. The van der Waals surface area contributed by atoms with Gasteiger partial charge in [0.25, 0.3) is 10.1 Å². The van der Waals surface area contributed by atoms with E-state index >= 15 is 0 Å². The van der Waals surface area contributed by atoms with Gasteiger partial charge in [-0.3, -0.25) is 4.55 Å². The second kappa shape index (κ2) is 4.07. The van der Waals surface area contributed by atoms with Crippen molar-refractivity contribution in [3.63, 3.8) is 0 Å². The Balaban J connectivity index is 2.86. The Bertz CT molecular complexity index is 636. The van der Waals surface area contributed by atoms with Crippen LogP contribution in [0.4, 0.5) is 17.6 Å². The maximum absolute atomic E-state index is 13.7. The predicted molar refractivity (Wildman–Crippen MR) is 55.1 cm³/mol. The molecular formula is C10H8F4O4S. The number of benzene rings is 1. The van der Waals surface area contributed by atoms with Gasteiger partial charge >= 0.3 is 6.18 Å². The van der Waals surface area contributed by atoms with Crippen LogP contribution in [-0.4, -0.2) is 19.6 Å². The van der Waals surface area contributed by atoms with E-state index in [1.54, 1.807) is 0 Å². The zero-order chi connectivity index (χ0) is 14.6. The molecule has 1 unspecified atom stereocenters. The fourth-order valence-corrected chi connectivity index (χ4v) is 2.78. The van der Waals surface area contributed by atoms with Crippen molar-refractivity contribution >= 4 is 10.1 Å². The normalized spacial score (nSPS) is 19.2. The van der Waals surface area contributed by atoms with Gasteiger partial charge in [0.1, 0.15) is 4.90 Å². The molecule has 0 saturated heterocycles. The molecule has 1 N–H and O–H groups in total. The molecule has 0 saturated carbocycles. The van der Waals surface area contributed by atoms with Crippen LogP contribution in [0.25, 0.3) is 0 Å². The minimum atomic E-state index is -5.09. The van der Waals surface area contributed by atoms with Gasteiger partial charge in [-0.25, -0.2) is 4.39 Å². The summed E-state index contributed by atoms with van der Waals surface area (Å²) in [5.74, 6) is -3.07. The topological polar surface area (TPSA) is 63.6 Å². The van der Waals surface area contributed by atoms with Crippen molar-refractivity contribution in [3.05, 3.63) is 23.0 Å². The van der Waals surface area contributed by atoms with E-state index in [-0.39, 0.29) is 18.2 Å². The van der Waals surface area contributed by atoms with Crippen molar-refractivity contribution in [1.29, 1.82) is 0 Å². The highest BCUT2D eigenvalue weighted by molar-refractivity contribution is 7.85. The van der Waals surface area contributed by atoms with Crippen molar-refractivity contribution < 1.29 is 35.3 Å². The molecule has 1 aliphatic rings. The van der Waals surface area contributed by atoms with E-state index < -0.39 is 44.2 Å².